The number of hydrogen-bond acceptors (Lipinski definition) is 7. The lowest BCUT2D eigenvalue weighted by Crippen LogP contribution is -2.49. The van der Waals surface area contributed by atoms with Crippen LogP contribution in [0.3, 0.4) is 0 Å². The van der Waals surface area contributed by atoms with Crippen molar-refractivity contribution in [3.8, 4) is 0 Å². The molecule has 184 valence electrons. The fraction of sp³-hybridized carbons (Fsp3) is 0.364. The van der Waals surface area contributed by atoms with E-state index < -0.39 is 32.8 Å². The Balaban J connectivity index is 0.00000408. The molecule has 3 N–H and O–H groups in total. The number of rotatable bonds is 8. The minimum absolute atomic E-state index is 0. The Hall–Kier alpha value is -3.02. The first-order valence-corrected chi connectivity index (χ1v) is 12.1. The first-order valence-electron chi connectivity index (χ1n) is 10.6. The largest absolute Gasteiger partial charge is 0.370 e. The predicted molar refractivity (Wildman–Crippen MR) is 129 cm³/mol. The maximum atomic E-state index is 13.7. The van der Waals surface area contributed by atoms with Crippen LogP contribution in [0.2, 0.25) is 0 Å². The molecule has 2 amide bonds. The van der Waals surface area contributed by atoms with E-state index in [1.54, 1.807) is 6.07 Å². The van der Waals surface area contributed by atoms with Crippen LogP contribution in [0.15, 0.2) is 53.4 Å². The van der Waals surface area contributed by atoms with Gasteiger partial charge in [0, 0.05) is 18.6 Å². The quantitative estimate of drug-likeness (QED) is 0.409. The SMILES string of the molecule is Cl.NC(=O)CCc1ccc([N+](=O)[O-])cc1N(C(=O)C1CCCCCN1)S(=O)(=O)c1ccccc1. The fourth-order valence-corrected chi connectivity index (χ4v) is 5.27. The average Bonchev–Trinajstić information content (AvgIpc) is 3.08. The highest BCUT2D eigenvalue weighted by molar-refractivity contribution is 7.93. The monoisotopic (exact) mass is 510 g/mol. The number of nitrogens with one attached hydrogen (secondary N) is 1. The highest BCUT2D eigenvalue weighted by Crippen LogP contribution is 2.33. The van der Waals surface area contributed by atoms with Gasteiger partial charge in [-0.15, -0.1) is 12.4 Å². The van der Waals surface area contributed by atoms with Gasteiger partial charge in [0.15, 0.2) is 0 Å². The van der Waals surface area contributed by atoms with Gasteiger partial charge in [0.05, 0.1) is 21.5 Å². The van der Waals surface area contributed by atoms with Crippen LogP contribution in [0.1, 0.15) is 37.7 Å². The molecule has 3 rings (SSSR count). The van der Waals surface area contributed by atoms with Gasteiger partial charge >= 0.3 is 0 Å². The zero-order chi connectivity index (χ0) is 24.0. The van der Waals surface area contributed by atoms with E-state index in [4.69, 9.17) is 5.73 Å². The molecule has 1 saturated heterocycles. The second-order valence-electron chi connectivity index (χ2n) is 7.81. The molecule has 0 spiro atoms. The maximum Gasteiger partial charge on any atom is 0.271 e. The lowest BCUT2D eigenvalue weighted by atomic mass is 10.1. The summed E-state index contributed by atoms with van der Waals surface area (Å²) in [5.41, 5.74) is 5.03. The number of nitro groups is 1. The second-order valence-corrected chi connectivity index (χ2v) is 9.60. The number of nitrogens with two attached hydrogens (primary N) is 1. The van der Waals surface area contributed by atoms with Crippen LogP contribution < -0.4 is 15.4 Å². The third-order valence-corrected chi connectivity index (χ3v) is 7.20. The molecule has 1 atom stereocenters. The van der Waals surface area contributed by atoms with Crippen LogP contribution in [0.5, 0.6) is 0 Å². The summed E-state index contributed by atoms with van der Waals surface area (Å²) in [5, 5.41) is 14.6. The summed E-state index contributed by atoms with van der Waals surface area (Å²) in [6.07, 6.45) is 2.85. The molecule has 0 saturated carbocycles. The summed E-state index contributed by atoms with van der Waals surface area (Å²) in [6.45, 7) is 0.555. The zero-order valence-corrected chi connectivity index (χ0v) is 20.0. The lowest BCUT2D eigenvalue weighted by molar-refractivity contribution is -0.384. The predicted octanol–water partition coefficient (Wildman–Crippen LogP) is 2.69. The molecule has 0 radical (unpaired) electrons. The summed E-state index contributed by atoms with van der Waals surface area (Å²) in [4.78, 5) is 35.7. The van der Waals surface area contributed by atoms with Gasteiger partial charge in [0.25, 0.3) is 21.6 Å². The number of hydrogen-bond donors (Lipinski definition) is 2. The first kappa shape index (κ1) is 27.2. The van der Waals surface area contributed by atoms with E-state index in [2.05, 4.69) is 5.32 Å². The van der Waals surface area contributed by atoms with Crippen molar-refractivity contribution in [3.05, 3.63) is 64.2 Å². The van der Waals surface area contributed by atoms with Crippen molar-refractivity contribution >= 4 is 45.6 Å². The Labute approximate surface area is 204 Å². The van der Waals surface area contributed by atoms with E-state index in [0.29, 0.717) is 22.8 Å². The number of carbonyl (C=O) groups excluding carboxylic acids is 2. The van der Waals surface area contributed by atoms with E-state index >= 15 is 0 Å². The molecule has 1 aliphatic rings. The molecule has 1 unspecified atom stereocenters. The van der Waals surface area contributed by atoms with E-state index in [0.717, 1.165) is 25.3 Å². The maximum absolute atomic E-state index is 13.7. The van der Waals surface area contributed by atoms with Crippen molar-refractivity contribution in [2.24, 2.45) is 5.73 Å². The topological polar surface area (TPSA) is 153 Å². The van der Waals surface area contributed by atoms with Gasteiger partial charge < -0.3 is 11.1 Å². The molecule has 2 aromatic rings. The molecule has 1 aliphatic heterocycles. The number of sulfonamides is 1. The Morgan fingerprint density at radius 2 is 1.82 bits per heavy atom. The number of aryl methyl sites for hydroxylation is 1. The van der Waals surface area contributed by atoms with Gasteiger partial charge in [-0.1, -0.05) is 37.1 Å². The molecule has 0 aliphatic carbocycles. The number of anilines is 1. The molecule has 34 heavy (non-hydrogen) atoms. The number of nitro benzene ring substituents is 1. The smallest absolute Gasteiger partial charge is 0.271 e. The number of non-ortho nitro benzene ring substituents is 1. The Morgan fingerprint density at radius 3 is 2.47 bits per heavy atom. The molecule has 2 aromatic carbocycles. The molecule has 10 nitrogen and oxygen atoms in total. The van der Waals surface area contributed by atoms with Crippen LogP contribution in [-0.2, 0) is 26.0 Å². The van der Waals surface area contributed by atoms with E-state index in [1.165, 1.54) is 36.4 Å². The Kier molecular flexibility index (Phi) is 9.54. The van der Waals surface area contributed by atoms with Crippen LogP contribution >= 0.6 is 12.4 Å². The molecule has 12 heteroatoms. The fourth-order valence-electron chi connectivity index (χ4n) is 3.77. The van der Waals surface area contributed by atoms with Gasteiger partial charge in [-0.3, -0.25) is 19.7 Å². The van der Waals surface area contributed by atoms with Crippen molar-refractivity contribution in [2.75, 3.05) is 10.8 Å². The summed E-state index contributed by atoms with van der Waals surface area (Å²) in [5.74, 6) is -1.34. The van der Waals surface area contributed by atoms with Gasteiger partial charge in [-0.05, 0) is 43.5 Å². The zero-order valence-electron chi connectivity index (χ0n) is 18.4. The van der Waals surface area contributed by atoms with Gasteiger partial charge in [-0.2, -0.15) is 0 Å². The van der Waals surface area contributed by atoms with Gasteiger partial charge in [0.2, 0.25) is 5.91 Å². The summed E-state index contributed by atoms with van der Waals surface area (Å²) >= 11 is 0. The lowest BCUT2D eigenvalue weighted by Gasteiger charge is -2.28. The normalized spacial score (nSPS) is 16.1. The van der Waals surface area contributed by atoms with Crippen molar-refractivity contribution < 1.29 is 22.9 Å². The number of primary amides is 1. The molecular formula is C22H27ClN4O6S. The van der Waals surface area contributed by atoms with Gasteiger partial charge in [-0.25, -0.2) is 12.7 Å². The van der Waals surface area contributed by atoms with Crippen LogP contribution in [-0.4, -0.2) is 37.7 Å². The van der Waals surface area contributed by atoms with E-state index in [1.807, 2.05) is 0 Å². The van der Waals surface area contributed by atoms with Crippen LogP contribution in [0.4, 0.5) is 11.4 Å². The highest BCUT2D eigenvalue weighted by atomic mass is 35.5. The number of benzene rings is 2. The average molecular weight is 511 g/mol. The Morgan fingerprint density at radius 1 is 1.12 bits per heavy atom. The molecule has 1 heterocycles. The summed E-state index contributed by atoms with van der Waals surface area (Å²) in [6, 6.07) is 10.3. The summed E-state index contributed by atoms with van der Waals surface area (Å²) < 4.78 is 28.0. The first-order chi connectivity index (χ1) is 15.7. The minimum Gasteiger partial charge on any atom is -0.370 e. The third-order valence-electron chi connectivity index (χ3n) is 5.48. The highest BCUT2D eigenvalue weighted by Gasteiger charge is 2.37. The number of carbonyl (C=O) groups is 2. The molecule has 0 aromatic heterocycles. The van der Waals surface area contributed by atoms with Crippen molar-refractivity contribution in [3.63, 3.8) is 0 Å². The standard InChI is InChI=1S/C22H26N4O6S.ClH/c23-21(27)13-11-16-10-12-17(26(29)30)15-20(16)25(22(28)19-9-5-2-6-14-24-19)33(31,32)18-7-3-1-4-8-18;/h1,3-4,7-8,10,12,15,19,24H,2,5-6,9,11,13-14H2,(H2,23,27);1H. The minimum atomic E-state index is -4.41. The van der Waals surface area contributed by atoms with Gasteiger partial charge in [0.1, 0.15) is 0 Å². The van der Waals surface area contributed by atoms with E-state index in [9.17, 15) is 28.1 Å². The van der Waals surface area contributed by atoms with E-state index in [-0.39, 0.29) is 41.5 Å². The number of amides is 2. The summed E-state index contributed by atoms with van der Waals surface area (Å²) in [7, 11) is -4.41. The molecule has 0 bridgehead atoms. The van der Waals surface area contributed by atoms with Crippen LogP contribution in [0, 0.1) is 10.1 Å². The van der Waals surface area contributed by atoms with Crippen molar-refractivity contribution in [1.82, 2.24) is 5.32 Å². The van der Waals surface area contributed by atoms with Crippen molar-refractivity contribution in [2.45, 2.75) is 49.5 Å². The van der Waals surface area contributed by atoms with Crippen molar-refractivity contribution in [1.29, 1.82) is 0 Å². The molecule has 1 fully saturated rings. The third kappa shape index (κ3) is 6.31. The second kappa shape index (κ2) is 11.9. The number of nitrogens with zero attached hydrogens (tertiary/aromatic N) is 2. The van der Waals surface area contributed by atoms with Crippen LogP contribution in [0.25, 0.3) is 0 Å². The Bertz CT molecular complexity index is 1140. The number of halogens is 1. The molecular weight excluding hydrogens is 484 g/mol.